The summed E-state index contributed by atoms with van der Waals surface area (Å²) in [7, 11) is 0. The van der Waals surface area contributed by atoms with E-state index in [1.807, 2.05) is 75.4 Å². The molecule has 0 unspecified atom stereocenters. The smallest absolute Gasteiger partial charge is 0.261 e. The fourth-order valence-corrected chi connectivity index (χ4v) is 4.44. The van der Waals surface area contributed by atoms with Gasteiger partial charge in [-0.15, -0.1) is 0 Å². The number of nitrogens with one attached hydrogen (secondary N) is 1. The molecule has 0 aliphatic rings. The number of hydrogen-bond donors (Lipinski definition) is 1. The third kappa shape index (κ3) is 8.11. The van der Waals surface area contributed by atoms with Gasteiger partial charge >= 0.3 is 0 Å². The Morgan fingerprint density at radius 2 is 1.69 bits per heavy atom. The molecule has 3 aromatic carbocycles. The minimum absolute atomic E-state index is 0.0571. The molecule has 5 nitrogen and oxygen atoms in total. The van der Waals surface area contributed by atoms with E-state index in [4.69, 9.17) is 16.3 Å². The normalized spacial score (nSPS) is 11.7. The minimum Gasteiger partial charge on any atom is -0.483 e. The maximum atomic E-state index is 13.6. The molecule has 1 atom stereocenters. The summed E-state index contributed by atoms with van der Waals surface area (Å²) in [5.41, 5.74) is 3.03. The highest BCUT2D eigenvalue weighted by molar-refractivity contribution is 9.10. The zero-order valence-electron chi connectivity index (χ0n) is 20.1. The molecule has 0 fully saturated rings. The van der Waals surface area contributed by atoms with Crippen molar-refractivity contribution in [1.82, 2.24) is 10.2 Å². The zero-order valence-corrected chi connectivity index (χ0v) is 22.5. The molecule has 0 saturated carbocycles. The number of benzene rings is 3. The first-order chi connectivity index (χ1) is 16.7. The van der Waals surface area contributed by atoms with E-state index in [0.29, 0.717) is 21.7 Å². The monoisotopic (exact) mass is 556 g/mol. The summed E-state index contributed by atoms with van der Waals surface area (Å²) in [6.07, 6.45) is 0.391. The van der Waals surface area contributed by atoms with E-state index in [9.17, 15) is 9.59 Å². The van der Waals surface area contributed by atoms with Crippen LogP contribution in [0.3, 0.4) is 0 Å². The van der Waals surface area contributed by atoms with Crippen molar-refractivity contribution < 1.29 is 14.3 Å². The van der Waals surface area contributed by atoms with Crippen LogP contribution in [0, 0.1) is 6.92 Å². The summed E-state index contributed by atoms with van der Waals surface area (Å²) >= 11 is 9.44. The number of amides is 2. The highest BCUT2D eigenvalue weighted by Crippen LogP contribution is 2.28. The van der Waals surface area contributed by atoms with Crippen LogP contribution in [-0.2, 0) is 22.6 Å². The number of rotatable bonds is 10. The first-order valence-corrected chi connectivity index (χ1v) is 12.7. The highest BCUT2D eigenvalue weighted by atomic mass is 79.9. The Labute approximate surface area is 220 Å². The number of carbonyl (C=O) groups excluding carboxylic acids is 2. The molecule has 0 saturated heterocycles. The lowest BCUT2D eigenvalue weighted by atomic mass is 10.0. The summed E-state index contributed by atoms with van der Waals surface area (Å²) in [6.45, 7) is 5.90. The largest absolute Gasteiger partial charge is 0.483 e. The number of ether oxygens (including phenoxy) is 1. The molecule has 3 rings (SSSR count). The van der Waals surface area contributed by atoms with Crippen LogP contribution in [0.1, 0.15) is 30.5 Å². The summed E-state index contributed by atoms with van der Waals surface area (Å²) in [4.78, 5) is 28.5. The van der Waals surface area contributed by atoms with Gasteiger partial charge in [-0.2, -0.15) is 0 Å². The van der Waals surface area contributed by atoms with Crippen LogP contribution < -0.4 is 10.1 Å². The maximum absolute atomic E-state index is 13.6. The van der Waals surface area contributed by atoms with E-state index in [2.05, 4.69) is 21.2 Å². The molecular formula is C28H30BrClN2O3. The average molecular weight is 558 g/mol. The van der Waals surface area contributed by atoms with E-state index in [1.54, 1.807) is 23.1 Å². The van der Waals surface area contributed by atoms with Crippen LogP contribution in [0.25, 0.3) is 0 Å². The predicted molar refractivity (Wildman–Crippen MR) is 144 cm³/mol. The van der Waals surface area contributed by atoms with Gasteiger partial charge < -0.3 is 15.0 Å². The van der Waals surface area contributed by atoms with Gasteiger partial charge in [0.25, 0.3) is 5.91 Å². The standard InChI is InChI=1S/C28H30BrClN2O3/c1-19(2)31-28(34)25(15-21-7-5-4-6-8-21)32(17-22-11-9-20(3)10-12-22)27(33)18-35-26-14-13-23(30)16-24(26)29/h4-14,16,19,25H,15,17-18H2,1-3H3,(H,31,34)/t25-/m0/s1. The van der Waals surface area contributed by atoms with Crippen molar-refractivity contribution >= 4 is 39.3 Å². The zero-order chi connectivity index (χ0) is 25.4. The van der Waals surface area contributed by atoms with Crippen molar-refractivity contribution in [2.45, 2.75) is 45.8 Å². The van der Waals surface area contributed by atoms with Crippen LogP contribution >= 0.6 is 27.5 Å². The van der Waals surface area contributed by atoms with Crippen molar-refractivity contribution in [3.8, 4) is 5.75 Å². The summed E-state index contributed by atoms with van der Waals surface area (Å²) < 4.78 is 6.48. The third-order valence-corrected chi connectivity index (χ3v) is 6.28. The molecule has 184 valence electrons. The molecule has 0 spiro atoms. The molecule has 35 heavy (non-hydrogen) atoms. The van der Waals surface area contributed by atoms with Crippen molar-refractivity contribution in [3.05, 3.63) is 99.0 Å². The second-order valence-electron chi connectivity index (χ2n) is 8.74. The second kappa shape index (κ2) is 12.8. The van der Waals surface area contributed by atoms with E-state index >= 15 is 0 Å². The predicted octanol–water partition coefficient (Wildman–Crippen LogP) is 5.95. The van der Waals surface area contributed by atoms with Crippen LogP contribution in [0.15, 0.2) is 77.3 Å². The van der Waals surface area contributed by atoms with Gasteiger partial charge in [0, 0.05) is 24.0 Å². The lowest BCUT2D eigenvalue weighted by molar-refractivity contribution is -0.143. The molecule has 0 aliphatic heterocycles. The molecule has 0 aliphatic carbocycles. The second-order valence-corrected chi connectivity index (χ2v) is 10.0. The van der Waals surface area contributed by atoms with Gasteiger partial charge in [-0.05, 0) is 66.0 Å². The Hall–Kier alpha value is -2.83. The fraction of sp³-hybridized carbons (Fsp3) is 0.286. The average Bonchev–Trinajstić information content (AvgIpc) is 2.82. The third-order valence-electron chi connectivity index (χ3n) is 5.42. The number of carbonyl (C=O) groups is 2. The fourth-order valence-electron chi connectivity index (χ4n) is 3.64. The van der Waals surface area contributed by atoms with E-state index < -0.39 is 6.04 Å². The minimum atomic E-state index is -0.703. The number of nitrogens with zero attached hydrogens (tertiary/aromatic N) is 1. The van der Waals surface area contributed by atoms with Crippen LogP contribution in [-0.4, -0.2) is 35.4 Å². The topological polar surface area (TPSA) is 58.6 Å². The first-order valence-electron chi connectivity index (χ1n) is 11.5. The Balaban J connectivity index is 1.91. The van der Waals surface area contributed by atoms with Gasteiger partial charge in [-0.3, -0.25) is 9.59 Å². The summed E-state index contributed by atoms with van der Waals surface area (Å²) in [6, 6.07) is 22.0. The Kier molecular flexibility index (Phi) is 9.75. The molecule has 3 aromatic rings. The van der Waals surface area contributed by atoms with Gasteiger partial charge in [0.15, 0.2) is 6.61 Å². The molecule has 7 heteroatoms. The number of aryl methyl sites for hydroxylation is 1. The van der Waals surface area contributed by atoms with E-state index in [-0.39, 0.29) is 31.0 Å². The van der Waals surface area contributed by atoms with Gasteiger partial charge in [-0.1, -0.05) is 71.8 Å². The number of hydrogen-bond acceptors (Lipinski definition) is 3. The lowest BCUT2D eigenvalue weighted by Gasteiger charge is -2.32. The maximum Gasteiger partial charge on any atom is 0.261 e. The quantitative estimate of drug-likeness (QED) is 0.335. The van der Waals surface area contributed by atoms with Crippen LogP contribution in [0.4, 0.5) is 0 Å². The Morgan fingerprint density at radius 3 is 2.31 bits per heavy atom. The molecule has 0 heterocycles. The van der Waals surface area contributed by atoms with Crippen molar-refractivity contribution in [3.63, 3.8) is 0 Å². The highest BCUT2D eigenvalue weighted by Gasteiger charge is 2.31. The summed E-state index contributed by atoms with van der Waals surface area (Å²) in [5.74, 6) is 0.0218. The molecule has 1 N–H and O–H groups in total. The van der Waals surface area contributed by atoms with Crippen LogP contribution in [0.5, 0.6) is 5.75 Å². The molecular weight excluding hydrogens is 528 g/mol. The molecule has 0 bridgehead atoms. The van der Waals surface area contributed by atoms with Gasteiger partial charge in [0.1, 0.15) is 11.8 Å². The Bertz CT molecular complexity index is 1140. The van der Waals surface area contributed by atoms with Crippen LogP contribution in [0.2, 0.25) is 5.02 Å². The molecule has 0 radical (unpaired) electrons. The van der Waals surface area contributed by atoms with Gasteiger partial charge in [0.05, 0.1) is 4.47 Å². The van der Waals surface area contributed by atoms with Gasteiger partial charge in [0.2, 0.25) is 5.91 Å². The Morgan fingerprint density at radius 1 is 1.00 bits per heavy atom. The first kappa shape index (κ1) is 26.8. The number of halogens is 2. The SMILES string of the molecule is Cc1ccc(CN(C(=O)COc2ccc(Cl)cc2Br)[C@@H](Cc2ccccc2)C(=O)NC(C)C)cc1. The van der Waals surface area contributed by atoms with Crippen molar-refractivity contribution in [2.75, 3.05) is 6.61 Å². The van der Waals surface area contributed by atoms with Gasteiger partial charge in [-0.25, -0.2) is 0 Å². The van der Waals surface area contributed by atoms with E-state index in [1.165, 1.54) is 0 Å². The van der Waals surface area contributed by atoms with Crippen molar-refractivity contribution in [2.24, 2.45) is 0 Å². The molecule has 0 aromatic heterocycles. The van der Waals surface area contributed by atoms with E-state index in [0.717, 1.165) is 16.7 Å². The van der Waals surface area contributed by atoms with Crippen molar-refractivity contribution in [1.29, 1.82) is 0 Å². The molecule has 2 amide bonds. The summed E-state index contributed by atoms with van der Waals surface area (Å²) in [5, 5.41) is 3.55. The lowest BCUT2D eigenvalue weighted by Crippen LogP contribution is -2.52.